The first-order chi connectivity index (χ1) is 9.08. The van der Waals surface area contributed by atoms with Crippen molar-refractivity contribution in [3.05, 3.63) is 30.0 Å². The second-order valence-electron chi connectivity index (χ2n) is 5.12. The molecule has 0 N–H and O–H groups in total. The summed E-state index contributed by atoms with van der Waals surface area (Å²) >= 11 is 0. The highest BCUT2D eigenvalue weighted by atomic mass is 16.5. The number of carbonyl (C=O) groups excluding carboxylic acids is 1. The van der Waals surface area contributed by atoms with Crippen LogP contribution in [0.25, 0.3) is 10.9 Å². The van der Waals surface area contributed by atoms with Crippen molar-refractivity contribution in [2.75, 3.05) is 6.61 Å². The Labute approximate surface area is 113 Å². The van der Waals surface area contributed by atoms with Gasteiger partial charge in [-0.25, -0.2) is 0 Å². The molecule has 4 heteroatoms. The fraction of sp³-hybridized carbons (Fsp3) is 0.467. The number of carbonyl (C=O) groups is 1. The Kier molecular flexibility index (Phi) is 4.20. The zero-order valence-corrected chi connectivity index (χ0v) is 11.7. The molecular formula is C15H20N2O2. The summed E-state index contributed by atoms with van der Waals surface area (Å²) < 4.78 is 6.92. The maximum atomic E-state index is 11.5. The number of esters is 1. The topological polar surface area (TPSA) is 44.1 Å². The summed E-state index contributed by atoms with van der Waals surface area (Å²) in [5.41, 5.74) is 1.93. The molecule has 2 rings (SSSR count). The van der Waals surface area contributed by atoms with E-state index in [-0.39, 0.29) is 5.97 Å². The van der Waals surface area contributed by atoms with Crippen LogP contribution in [0.3, 0.4) is 0 Å². The number of hydrogen-bond acceptors (Lipinski definition) is 3. The van der Waals surface area contributed by atoms with Crippen LogP contribution >= 0.6 is 0 Å². The second kappa shape index (κ2) is 5.87. The van der Waals surface area contributed by atoms with Crippen molar-refractivity contribution >= 4 is 16.9 Å². The number of ether oxygens (including phenoxy) is 1. The molecule has 0 spiro atoms. The molecule has 4 nitrogen and oxygen atoms in total. The Balaban J connectivity index is 2.18. The third-order valence-electron chi connectivity index (χ3n) is 2.82. The monoisotopic (exact) mass is 260 g/mol. The van der Waals surface area contributed by atoms with Gasteiger partial charge in [0.2, 0.25) is 0 Å². The van der Waals surface area contributed by atoms with Gasteiger partial charge in [-0.3, -0.25) is 9.48 Å². The summed E-state index contributed by atoms with van der Waals surface area (Å²) in [5.74, 6) is 0.379. The van der Waals surface area contributed by atoms with Crippen molar-refractivity contribution in [3.63, 3.8) is 0 Å². The molecule has 1 heterocycles. The molecule has 102 valence electrons. The molecule has 0 amide bonds. The van der Waals surface area contributed by atoms with Gasteiger partial charge in [-0.15, -0.1) is 0 Å². The van der Waals surface area contributed by atoms with E-state index in [1.165, 1.54) is 0 Å². The van der Waals surface area contributed by atoms with E-state index in [1.807, 2.05) is 36.0 Å². The van der Waals surface area contributed by atoms with Crippen LogP contribution in [-0.2, 0) is 22.5 Å². The van der Waals surface area contributed by atoms with Crippen molar-refractivity contribution < 1.29 is 9.53 Å². The van der Waals surface area contributed by atoms with Gasteiger partial charge in [0.25, 0.3) is 0 Å². The Morgan fingerprint density at radius 2 is 2.21 bits per heavy atom. The lowest BCUT2D eigenvalue weighted by Crippen LogP contribution is -2.07. The minimum absolute atomic E-state index is 0.184. The SMILES string of the molecule is CCOC(=O)Cc1ccc2nn(CC(C)C)cc2c1. The molecule has 0 aliphatic rings. The summed E-state index contributed by atoms with van der Waals surface area (Å²) in [6, 6.07) is 5.91. The first-order valence-electron chi connectivity index (χ1n) is 6.70. The van der Waals surface area contributed by atoms with Crippen LogP contribution in [0, 0.1) is 5.92 Å². The highest BCUT2D eigenvalue weighted by Gasteiger charge is 2.07. The molecule has 0 saturated heterocycles. The van der Waals surface area contributed by atoms with Crippen molar-refractivity contribution in [2.24, 2.45) is 5.92 Å². The van der Waals surface area contributed by atoms with Crippen LogP contribution in [0.15, 0.2) is 24.4 Å². The second-order valence-corrected chi connectivity index (χ2v) is 5.12. The molecule has 0 aliphatic heterocycles. The van der Waals surface area contributed by atoms with Crippen molar-refractivity contribution in [1.82, 2.24) is 9.78 Å². The maximum absolute atomic E-state index is 11.5. The zero-order chi connectivity index (χ0) is 13.8. The van der Waals surface area contributed by atoms with E-state index in [4.69, 9.17) is 4.74 Å². The summed E-state index contributed by atoms with van der Waals surface area (Å²) in [7, 11) is 0. The number of nitrogens with zero attached hydrogens (tertiary/aromatic N) is 2. The summed E-state index contributed by atoms with van der Waals surface area (Å²) in [6.07, 6.45) is 2.35. The molecule has 0 saturated carbocycles. The molecule has 1 aromatic heterocycles. The molecule has 0 aliphatic carbocycles. The highest BCUT2D eigenvalue weighted by Crippen LogP contribution is 2.16. The molecule has 0 radical (unpaired) electrons. The van der Waals surface area contributed by atoms with Crippen LogP contribution in [-0.4, -0.2) is 22.4 Å². The first-order valence-corrected chi connectivity index (χ1v) is 6.70. The minimum Gasteiger partial charge on any atom is -0.466 e. The number of aromatic nitrogens is 2. The van der Waals surface area contributed by atoms with Gasteiger partial charge < -0.3 is 4.74 Å². The third kappa shape index (κ3) is 3.56. The molecule has 0 fully saturated rings. The lowest BCUT2D eigenvalue weighted by Gasteiger charge is -2.02. The standard InChI is InChI=1S/C15H20N2O2/c1-4-19-15(18)8-12-5-6-14-13(7-12)10-17(16-14)9-11(2)3/h5-7,10-11H,4,8-9H2,1-3H3. The number of rotatable bonds is 5. The molecule has 1 aromatic carbocycles. The van der Waals surface area contributed by atoms with E-state index >= 15 is 0 Å². The third-order valence-corrected chi connectivity index (χ3v) is 2.82. The number of hydrogen-bond donors (Lipinski definition) is 0. The highest BCUT2D eigenvalue weighted by molar-refractivity contribution is 5.81. The summed E-state index contributed by atoms with van der Waals surface area (Å²) in [5, 5.41) is 5.58. The van der Waals surface area contributed by atoms with Gasteiger partial charge in [-0.05, 0) is 30.5 Å². The predicted molar refractivity (Wildman–Crippen MR) is 74.9 cm³/mol. The van der Waals surface area contributed by atoms with Gasteiger partial charge in [0.05, 0.1) is 18.5 Å². The van der Waals surface area contributed by atoms with Crippen molar-refractivity contribution in [3.8, 4) is 0 Å². The van der Waals surface area contributed by atoms with Crippen LogP contribution in [0.2, 0.25) is 0 Å². The molecule has 0 unspecified atom stereocenters. The van der Waals surface area contributed by atoms with Crippen LogP contribution < -0.4 is 0 Å². The smallest absolute Gasteiger partial charge is 0.310 e. The quantitative estimate of drug-likeness (QED) is 0.776. The lowest BCUT2D eigenvalue weighted by molar-refractivity contribution is -0.142. The Hall–Kier alpha value is -1.84. The zero-order valence-electron chi connectivity index (χ0n) is 11.7. The first kappa shape index (κ1) is 13.6. The maximum Gasteiger partial charge on any atom is 0.310 e. The van der Waals surface area contributed by atoms with Gasteiger partial charge >= 0.3 is 5.97 Å². The van der Waals surface area contributed by atoms with E-state index in [0.29, 0.717) is 18.9 Å². The summed E-state index contributed by atoms with van der Waals surface area (Å²) in [4.78, 5) is 11.5. The Morgan fingerprint density at radius 3 is 2.89 bits per heavy atom. The van der Waals surface area contributed by atoms with Crippen LogP contribution in [0.1, 0.15) is 26.3 Å². The van der Waals surface area contributed by atoms with Crippen LogP contribution in [0.5, 0.6) is 0 Å². The van der Waals surface area contributed by atoms with Gasteiger partial charge in [0, 0.05) is 18.1 Å². The molecule has 2 aromatic rings. The van der Waals surface area contributed by atoms with E-state index in [1.54, 1.807) is 0 Å². The number of fused-ring (bicyclic) bond motifs is 1. The largest absolute Gasteiger partial charge is 0.466 e. The van der Waals surface area contributed by atoms with Gasteiger partial charge in [-0.2, -0.15) is 5.10 Å². The van der Waals surface area contributed by atoms with Crippen molar-refractivity contribution in [1.29, 1.82) is 0 Å². The predicted octanol–water partition coefficient (Wildman–Crippen LogP) is 2.80. The molecule has 0 atom stereocenters. The normalized spacial score (nSPS) is 11.2. The van der Waals surface area contributed by atoms with Gasteiger partial charge in [0.1, 0.15) is 0 Å². The lowest BCUT2D eigenvalue weighted by atomic mass is 10.1. The van der Waals surface area contributed by atoms with E-state index in [0.717, 1.165) is 23.0 Å². The average molecular weight is 260 g/mol. The summed E-state index contributed by atoms with van der Waals surface area (Å²) in [6.45, 7) is 7.48. The van der Waals surface area contributed by atoms with Gasteiger partial charge in [-0.1, -0.05) is 19.9 Å². The van der Waals surface area contributed by atoms with Crippen molar-refractivity contribution in [2.45, 2.75) is 33.7 Å². The van der Waals surface area contributed by atoms with E-state index < -0.39 is 0 Å². The van der Waals surface area contributed by atoms with Crippen LogP contribution in [0.4, 0.5) is 0 Å². The number of benzene rings is 1. The van der Waals surface area contributed by atoms with E-state index in [2.05, 4.69) is 18.9 Å². The molecule has 19 heavy (non-hydrogen) atoms. The van der Waals surface area contributed by atoms with Gasteiger partial charge in [0.15, 0.2) is 0 Å². The Morgan fingerprint density at radius 1 is 1.42 bits per heavy atom. The minimum atomic E-state index is -0.184. The molecule has 0 bridgehead atoms. The Bertz CT molecular complexity index is 573. The average Bonchev–Trinajstić information content (AvgIpc) is 2.69. The van der Waals surface area contributed by atoms with E-state index in [9.17, 15) is 4.79 Å². The fourth-order valence-electron chi connectivity index (χ4n) is 2.08. The fourth-order valence-corrected chi connectivity index (χ4v) is 2.08. The molecular weight excluding hydrogens is 240 g/mol.